The van der Waals surface area contributed by atoms with Crippen molar-refractivity contribution in [3.05, 3.63) is 58.8 Å². The van der Waals surface area contributed by atoms with Crippen LogP contribution in [0.2, 0.25) is 0 Å². The molecule has 2 aromatic heterocycles. The van der Waals surface area contributed by atoms with Crippen LogP contribution < -0.4 is 5.73 Å². The van der Waals surface area contributed by atoms with Crippen LogP contribution in [0.1, 0.15) is 5.69 Å². The Kier molecular flexibility index (Phi) is 5.27. The SMILES string of the molecule is Cc1nc(-c2ccc(Br)cc2)ccc1-c1ccnc(/N=C(/N)N(C)C)n1. The van der Waals surface area contributed by atoms with Crippen LogP contribution in [0.3, 0.4) is 0 Å². The minimum atomic E-state index is 0.324. The third kappa shape index (κ3) is 4.05. The molecule has 0 unspecified atom stereocenters. The molecule has 0 saturated heterocycles. The van der Waals surface area contributed by atoms with Gasteiger partial charge in [-0.05, 0) is 37.3 Å². The minimum absolute atomic E-state index is 0.324. The molecule has 0 aliphatic heterocycles. The smallest absolute Gasteiger partial charge is 0.253 e. The van der Waals surface area contributed by atoms with Gasteiger partial charge in [-0.15, -0.1) is 0 Å². The van der Waals surface area contributed by atoms with Gasteiger partial charge >= 0.3 is 0 Å². The number of hydrogen-bond acceptors (Lipinski definition) is 4. The van der Waals surface area contributed by atoms with Crippen LogP contribution in [0.5, 0.6) is 0 Å². The summed E-state index contributed by atoms with van der Waals surface area (Å²) in [4.78, 5) is 19.3. The highest BCUT2D eigenvalue weighted by atomic mass is 79.9. The third-order valence-electron chi connectivity index (χ3n) is 3.82. The van der Waals surface area contributed by atoms with E-state index >= 15 is 0 Å². The molecule has 1 aromatic carbocycles. The van der Waals surface area contributed by atoms with Crippen molar-refractivity contribution in [3.8, 4) is 22.5 Å². The molecule has 0 radical (unpaired) electrons. The summed E-state index contributed by atoms with van der Waals surface area (Å²) in [6.07, 6.45) is 1.67. The van der Waals surface area contributed by atoms with Gasteiger partial charge in [0.05, 0.1) is 11.4 Å². The molecule has 26 heavy (non-hydrogen) atoms. The Hall–Kier alpha value is -2.80. The van der Waals surface area contributed by atoms with Crippen molar-refractivity contribution in [2.75, 3.05) is 14.1 Å². The topological polar surface area (TPSA) is 80.3 Å². The maximum absolute atomic E-state index is 5.84. The highest BCUT2D eigenvalue weighted by Gasteiger charge is 2.09. The van der Waals surface area contributed by atoms with E-state index in [1.807, 2.05) is 63.5 Å². The zero-order chi connectivity index (χ0) is 18.7. The fourth-order valence-electron chi connectivity index (χ4n) is 2.37. The van der Waals surface area contributed by atoms with Crippen LogP contribution >= 0.6 is 15.9 Å². The Morgan fingerprint density at radius 1 is 1.00 bits per heavy atom. The van der Waals surface area contributed by atoms with E-state index in [1.165, 1.54) is 0 Å². The first-order chi connectivity index (χ1) is 12.4. The van der Waals surface area contributed by atoms with Crippen LogP contribution in [0.4, 0.5) is 5.95 Å². The number of rotatable bonds is 3. The Bertz CT molecular complexity index is 950. The molecular weight excluding hydrogens is 392 g/mol. The number of nitrogens with two attached hydrogens (primary N) is 1. The van der Waals surface area contributed by atoms with Gasteiger partial charge in [-0.25, -0.2) is 9.97 Å². The molecule has 7 heteroatoms. The maximum atomic E-state index is 5.84. The summed E-state index contributed by atoms with van der Waals surface area (Å²) in [5.74, 6) is 0.674. The summed E-state index contributed by atoms with van der Waals surface area (Å²) in [6, 6.07) is 13.9. The van der Waals surface area contributed by atoms with Crippen molar-refractivity contribution in [2.24, 2.45) is 10.7 Å². The molecule has 6 nitrogen and oxygen atoms in total. The Labute approximate surface area is 161 Å². The normalized spacial score (nSPS) is 11.5. The van der Waals surface area contributed by atoms with E-state index in [0.29, 0.717) is 11.9 Å². The molecule has 0 fully saturated rings. The first kappa shape index (κ1) is 18.0. The van der Waals surface area contributed by atoms with Gasteiger partial charge in [0.1, 0.15) is 0 Å². The van der Waals surface area contributed by atoms with E-state index in [4.69, 9.17) is 10.7 Å². The fraction of sp³-hybridized carbons (Fsp3) is 0.158. The quantitative estimate of drug-likeness (QED) is 0.524. The summed E-state index contributed by atoms with van der Waals surface area (Å²) in [7, 11) is 3.63. The molecule has 2 heterocycles. The third-order valence-corrected chi connectivity index (χ3v) is 4.35. The van der Waals surface area contributed by atoms with Gasteiger partial charge in [0.15, 0.2) is 5.96 Å². The van der Waals surface area contributed by atoms with Gasteiger partial charge < -0.3 is 10.6 Å². The van der Waals surface area contributed by atoms with Crippen LogP contribution in [-0.4, -0.2) is 39.9 Å². The number of aryl methyl sites for hydroxylation is 1. The first-order valence-electron chi connectivity index (χ1n) is 8.02. The predicted molar refractivity (Wildman–Crippen MR) is 108 cm³/mol. The summed E-state index contributed by atoms with van der Waals surface area (Å²) >= 11 is 3.45. The largest absolute Gasteiger partial charge is 0.369 e. The van der Waals surface area contributed by atoms with E-state index in [2.05, 4.69) is 30.9 Å². The second kappa shape index (κ2) is 7.61. The predicted octanol–water partition coefficient (Wildman–Crippen LogP) is 3.78. The van der Waals surface area contributed by atoms with Gasteiger partial charge in [0, 0.05) is 41.6 Å². The minimum Gasteiger partial charge on any atom is -0.369 e. The summed E-state index contributed by atoms with van der Waals surface area (Å²) in [5, 5.41) is 0. The van der Waals surface area contributed by atoms with E-state index in [1.54, 1.807) is 11.1 Å². The number of nitrogens with zero attached hydrogens (tertiary/aromatic N) is 5. The molecular formula is C19H19BrN6. The second-order valence-corrected chi connectivity index (χ2v) is 6.86. The number of aromatic nitrogens is 3. The lowest BCUT2D eigenvalue weighted by Gasteiger charge is -2.10. The molecule has 3 aromatic rings. The zero-order valence-corrected chi connectivity index (χ0v) is 16.4. The molecule has 3 rings (SSSR count). The molecule has 0 aliphatic rings. The van der Waals surface area contributed by atoms with Gasteiger partial charge in [0.2, 0.25) is 0 Å². The molecule has 0 bridgehead atoms. The maximum Gasteiger partial charge on any atom is 0.253 e. The van der Waals surface area contributed by atoms with Gasteiger partial charge in [-0.2, -0.15) is 4.99 Å². The summed E-state index contributed by atoms with van der Waals surface area (Å²) < 4.78 is 1.04. The molecule has 0 saturated carbocycles. The van der Waals surface area contributed by atoms with Gasteiger partial charge in [-0.1, -0.05) is 28.1 Å². The van der Waals surface area contributed by atoms with Crippen LogP contribution in [-0.2, 0) is 0 Å². The van der Waals surface area contributed by atoms with Gasteiger partial charge in [0.25, 0.3) is 5.95 Å². The van der Waals surface area contributed by atoms with E-state index in [0.717, 1.165) is 32.7 Å². The summed E-state index contributed by atoms with van der Waals surface area (Å²) in [5.41, 5.74) is 10.4. The number of benzene rings is 1. The van der Waals surface area contributed by atoms with Crippen molar-refractivity contribution in [1.29, 1.82) is 0 Å². The molecule has 0 amide bonds. The zero-order valence-electron chi connectivity index (χ0n) is 14.8. The number of guanidine groups is 1. The molecule has 0 atom stereocenters. The highest BCUT2D eigenvalue weighted by Crippen LogP contribution is 2.26. The average Bonchev–Trinajstić information content (AvgIpc) is 2.62. The van der Waals surface area contributed by atoms with Crippen LogP contribution in [0, 0.1) is 6.92 Å². The second-order valence-electron chi connectivity index (χ2n) is 5.94. The lowest BCUT2D eigenvalue weighted by Crippen LogP contribution is -2.30. The molecule has 0 aliphatic carbocycles. The van der Waals surface area contributed by atoms with E-state index in [9.17, 15) is 0 Å². The van der Waals surface area contributed by atoms with Gasteiger partial charge in [-0.3, -0.25) is 4.98 Å². The molecule has 132 valence electrons. The highest BCUT2D eigenvalue weighted by molar-refractivity contribution is 9.10. The first-order valence-corrected chi connectivity index (χ1v) is 8.82. The molecule has 0 spiro atoms. The van der Waals surface area contributed by atoms with Crippen molar-refractivity contribution in [3.63, 3.8) is 0 Å². The van der Waals surface area contributed by atoms with Crippen LogP contribution in [0.25, 0.3) is 22.5 Å². The number of aliphatic imine (C=N–C) groups is 1. The Morgan fingerprint density at radius 3 is 2.38 bits per heavy atom. The molecule has 2 N–H and O–H groups in total. The van der Waals surface area contributed by atoms with Crippen molar-refractivity contribution >= 4 is 27.8 Å². The lowest BCUT2D eigenvalue weighted by molar-refractivity contribution is 0.614. The van der Waals surface area contributed by atoms with Crippen molar-refractivity contribution in [1.82, 2.24) is 19.9 Å². The number of halogens is 1. The van der Waals surface area contributed by atoms with Crippen LogP contribution in [0.15, 0.2) is 58.1 Å². The standard InChI is InChI=1S/C19H19BrN6/c1-12-15(8-9-16(23-12)13-4-6-14(20)7-5-13)17-10-11-22-19(24-17)25-18(21)26(2)3/h4-11H,1-3H3,(H2,21,22,24,25). The Morgan fingerprint density at radius 2 is 1.73 bits per heavy atom. The number of pyridine rings is 1. The lowest BCUT2D eigenvalue weighted by atomic mass is 10.1. The van der Waals surface area contributed by atoms with E-state index in [-0.39, 0.29) is 0 Å². The van der Waals surface area contributed by atoms with Crippen molar-refractivity contribution in [2.45, 2.75) is 6.92 Å². The average molecular weight is 411 g/mol. The monoisotopic (exact) mass is 410 g/mol. The van der Waals surface area contributed by atoms with Crippen molar-refractivity contribution < 1.29 is 0 Å². The fourth-order valence-corrected chi connectivity index (χ4v) is 2.63. The summed E-state index contributed by atoms with van der Waals surface area (Å²) in [6.45, 7) is 1.97. The van der Waals surface area contributed by atoms with E-state index < -0.39 is 0 Å². The Balaban J connectivity index is 1.95. The number of hydrogen-bond donors (Lipinski definition) is 1.